The zero-order valence-corrected chi connectivity index (χ0v) is 16.3. The molecule has 30 heavy (non-hydrogen) atoms. The van der Waals surface area contributed by atoms with Crippen LogP contribution in [-0.4, -0.2) is 23.8 Å². The Hall–Kier alpha value is -3.71. The molecular weight excluding hydrogens is 407 g/mol. The summed E-state index contributed by atoms with van der Waals surface area (Å²) in [6.07, 6.45) is -1.26. The van der Waals surface area contributed by atoms with Crippen molar-refractivity contribution in [3.05, 3.63) is 94.8 Å². The molecule has 0 aliphatic carbocycles. The van der Waals surface area contributed by atoms with E-state index in [9.17, 15) is 14.0 Å². The molecule has 3 amide bonds. The van der Waals surface area contributed by atoms with Gasteiger partial charge in [0.05, 0.1) is 11.4 Å². The van der Waals surface area contributed by atoms with Crippen LogP contribution < -0.4 is 16.0 Å². The predicted octanol–water partition coefficient (Wildman–Crippen LogP) is 4.42. The second kappa shape index (κ2) is 8.34. The number of urea groups is 1. The summed E-state index contributed by atoms with van der Waals surface area (Å²) < 4.78 is 14.5. The van der Waals surface area contributed by atoms with E-state index < -0.39 is 23.9 Å². The fourth-order valence-electron chi connectivity index (χ4n) is 3.05. The van der Waals surface area contributed by atoms with E-state index in [2.05, 4.69) is 20.9 Å². The van der Waals surface area contributed by atoms with Crippen molar-refractivity contribution in [2.24, 2.45) is 4.99 Å². The topological polar surface area (TPSA) is 82.6 Å². The Bertz CT molecular complexity index is 1150. The number of para-hydroxylation sites is 1. The Morgan fingerprint density at radius 1 is 0.967 bits per heavy atom. The lowest BCUT2D eigenvalue weighted by molar-refractivity contribution is -0.117. The average molecular weight is 423 g/mol. The van der Waals surface area contributed by atoms with Gasteiger partial charge in [0.2, 0.25) is 6.17 Å². The van der Waals surface area contributed by atoms with E-state index in [0.717, 1.165) is 0 Å². The second-order valence-electron chi connectivity index (χ2n) is 6.50. The Balaban J connectivity index is 1.67. The highest BCUT2D eigenvalue weighted by Crippen LogP contribution is 2.25. The lowest BCUT2D eigenvalue weighted by Crippen LogP contribution is -2.44. The zero-order valence-electron chi connectivity index (χ0n) is 15.5. The number of fused-ring (bicyclic) bond motifs is 1. The van der Waals surface area contributed by atoms with Crippen molar-refractivity contribution in [1.82, 2.24) is 5.32 Å². The summed E-state index contributed by atoms with van der Waals surface area (Å²) in [5.74, 6) is -1.02. The molecule has 0 unspecified atom stereocenters. The minimum Gasteiger partial charge on any atom is -0.322 e. The molecule has 0 fully saturated rings. The summed E-state index contributed by atoms with van der Waals surface area (Å²) in [4.78, 5) is 29.5. The minimum atomic E-state index is -1.26. The number of nitrogens with zero attached hydrogens (tertiary/aromatic N) is 1. The van der Waals surface area contributed by atoms with E-state index in [1.165, 1.54) is 6.07 Å². The maximum atomic E-state index is 14.5. The van der Waals surface area contributed by atoms with Crippen molar-refractivity contribution in [3.8, 4) is 0 Å². The molecule has 3 N–H and O–H groups in total. The third kappa shape index (κ3) is 4.16. The van der Waals surface area contributed by atoms with Crippen molar-refractivity contribution in [2.75, 3.05) is 10.6 Å². The number of aliphatic imine (C=N–C) groups is 1. The molecular formula is C22H16ClFN4O2. The molecule has 0 spiro atoms. The van der Waals surface area contributed by atoms with E-state index >= 15 is 0 Å². The number of hydrogen-bond donors (Lipinski definition) is 3. The van der Waals surface area contributed by atoms with E-state index in [1.54, 1.807) is 66.7 Å². The minimum absolute atomic E-state index is 0.228. The molecule has 0 saturated carbocycles. The van der Waals surface area contributed by atoms with Crippen LogP contribution in [0.2, 0.25) is 5.02 Å². The molecule has 8 heteroatoms. The van der Waals surface area contributed by atoms with Gasteiger partial charge in [-0.15, -0.1) is 0 Å². The van der Waals surface area contributed by atoms with E-state index in [0.29, 0.717) is 22.0 Å². The molecule has 3 aromatic carbocycles. The van der Waals surface area contributed by atoms with Crippen molar-refractivity contribution in [3.63, 3.8) is 0 Å². The van der Waals surface area contributed by atoms with Crippen LogP contribution in [0.3, 0.4) is 0 Å². The average Bonchev–Trinajstić information content (AvgIpc) is 2.87. The van der Waals surface area contributed by atoms with Gasteiger partial charge in [-0.2, -0.15) is 0 Å². The first-order chi connectivity index (χ1) is 14.5. The SMILES string of the molecule is O=C(Nc1ccc(Cl)cc1)N[C@@H]1N=C(c2ccccc2F)c2ccccc2NC1=O. The lowest BCUT2D eigenvalue weighted by atomic mass is 10.0. The quantitative estimate of drug-likeness (QED) is 0.584. The van der Waals surface area contributed by atoms with Gasteiger partial charge in [0.15, 0.2) is 0 Å². The number of rotatable bonds is 3. The van der Waals surface area contributed by atoms with Crippen LogP contribution in [-0.2, 0) is 4.79 Å². The van der Waals surface area contributed by atoms with Crippen LogP contribution in [0.15, 0.2) is 77.8 Å². The molecule has 4 rings (SSSR count). The number of benzene rings is 3. The van der Waals surface area contributed by atoms with Gasteiger partial charge in [0.25, 0.3) is 5.91 Å². The maximum Gasteiger partial charge on any atom is 0.321 e. The molecule has 150 valence electrons. The molecule has 6 nitrogen and oxygen atoms in total. The van der Waals surface area contributed by atoms with Crippen LogP contribution in [0, 0.1) is 5.82 Å². The number of benzodiazepines with no additional fused rings is 1. The Morgan fingerprint density at radius 2 is 1.63 bits per heavy atom. The number of amides is 3. The molecule has 1 aliphatic rings. The number of hydrogen-bond acceptors (Lipinski definition) is 3. The smallest absolute Gasteiger partial charge is 0.321 e. The Kier molecular flexibility index (Phi) is 5.45. The number of halogens is 2. The molecule has 3 aromatic rings. The van der Waals surface area contributed by atoms with Gasteiger partial charge in [0.1, 0.15) is 5.82 Å². The zero-order chi connectivity index (χ0) is 21.1. The van der Waals surface area contributed by atoms with Gasteiger partial charge < -0.3 is 16.0 Å². The predicted molar refractivity (Wildman–Crippen MR) is 115 cm³/mol. The number of carbonyl (C=O) groups is 2. The van der Waals surface area contributed by atoms with E-state index in [4.69, 9.17) is 11.6 Å². The standard InChI is InChI=1S/C22H16ClFN4O2/c23-13-9-11-14(12-10-13)25-22(30)28-20-21(29)26-18-8-4-2-6-16(18)19(27-20)15-5-1-3-7-17(15)24/h1-12,20H,(H,26,29)(H2,25,28,30)/t20-/m0/s1. The van der Waals surface area contributed by atoms with Crippen LogP contribution in [0.5, 0.6) is 0 Å². The molecule has 0 radical (unpaired) electrons. The van der Waals surface area contributed by atoms with E-state index in [1.807, 2.05) is 0 Å². The Labute approximate surface area is 176 Å². The fraction of sp³-hybridized carbons (Fsp3) is 0.0455. The first-order valence-electron chi connectivity index (χ1n) is 9.07. The van der Waals surface area contributed by atoms with Gasteiger partial charge in [-0.1, -0.05) is 41.9 Å². The highest BCUT2D eigenvalue weighted by molar-refractivity contribution is 6.30. The maximum absolute atomic E-state index is 14.5. The normalized spacial score (nSPS) is 15.3. The summed E-state index contributed by atoms with van der Waals surface area (Å²) >= 11 is 5.84. The molecule has 1 atom stereocenters. The number of nitrogens with one attached hydrogen (secondary N) is 3. The van der Waals surface area contributed by atoms with Gasteiger partial charge in [-0.25, -0.2) is 14.2 Å². The van der Waals surface area contributed by atoms with Crippen LogP contribution in [0.1, 0.15) is 11.1 Å². The van der Waals surface area contributed by atoms with Gasteiger partial charge in [0, 0.05) is 21.8 Å². The number of carbonyl (C=O) groups excluding carboxylic acids is 2. The molecule has 1 aliphatic heterocycles. The van der Waals surface area contributed by atoms with Crippen molar-refractivity contribution in [2.45, 2.75) is 6.17 Å². The van der Waals surface area contributed by atoms with Crippen molar-refractivity contribution in [1.29, 1.82) is 0 Å². The van der Waals surface area contributed by atoms with Gasteiger partial charge in [-0.05, 0) is 42.5 Å². The Morgan fingerprint density at radius 3 is 2.37 bits per heavy atom. The first-order valence-corrected chi connectivity index (χ1v) is 9.45. The molecule has 0 aromatic heterocycles. The van der Waals surface area contributed by atoms with E-state index in [-0.39, 0.29) is 11.3 Å². The number of anilines is 2. The van der Waals surface area contributed by atoms with Crippen molar-refractivity contribution >= 4 is 40.6 Å². The highest BCUT2D eigenvalue weighted by atomic mass is 35.5. The third-order valence-corrected chi connectivity index (χ3v) is 4.70. The van der Waals surface area contributed by atoms with Crippen LogP contribution >= 0.6 is 11.6 Å². The second-order valence-corrected chi connectivity index (χ2v) is 6.94. The van der Waals surface area contributed by atoms with Gasteiger partial charge in [-0.3, -0.25) is 4.79 Å². The molecule has 1 heterocycles. The lowest BCUT2D eigenvalue weighted by Gasteiger charge is -2.14. The van der Waals surface area contributed by atoms with Crippen LogP contribution in [0.25, 0.3) is 0 Å². The third-order valence-electron chi connectivity index (χ3n) is 4.45. The summed E-state index contributed by atoms with van der Waals surface area (Å²) in [7, 11) is 0. The molecule has 0 bridgehead atoms. The summed E-state index contributed by atoms with van der Waals surface area (Å²) in [5.41, 5.74) is 2.02. The fourth-order valence-corrected chi connectivity index (χ4v) is 3.17. The highest BCUT2D eigenvalue weighted by Gasteiger charge is 2.28. The summed E-state index contributed by atoms with van der Waals surface area (Å²) in [5, 5.41) is 8.39. The van der Waals surface area contributed by atoms with Gasteiger partial charge >= 0.3 is 6.03 Å². The van der Waals surface area contributed by atoms with Crippen LogP contribution in [0.4, 0.5) is 20.6 Å². The molecule has 0 saturated heterocycles. The first kappa shape index (κ1) is 19.6. The summed E-state index contributed by atoms with van der Waals surface area (Å²) in [6.45, 7) is 0. The van der Waals surface area contributed by atoms with Crippen molar-refractivity contribution < 1.29 is 14.0 Å². The monoisotopic (exact) mass is 422 g/mol. The summed E-state index contributed by atoms with van der Waals surface area (Å²) in [6, 6.07) is 18.9. The largest absolute Gasteiger partial charge is 0.322 e.